The number of rotatable bonds is 5. The molecule has 0 saturated heterocycles. The Kier molecular flexibility index (Phi) is 4.02. The Balaban J connectivity index is 1.70. The van der Waals surface area contributed by atoms with E-state index >= 15 is 0 Å². The standard InChI is InChI=1S/C22H21F2N3O2/c1-13-3-4-14(19(24)9-13)10-16(28)7-8-27-20-11-15(23)5-6-17(20)21-18(22(27)29)12-25-26(21)2/h3-6,9,11-12,18,21H,7-8,10H2,1-2H3/i7D,8D2. The van der Waals surface area contributed by atoms with Crippen LogP contribution in [-0.4, -0.2) is 36.5 Å². The third-order valence-electron chi connectivity index (χ3n) is 5.14. The lowest BCUT2D eigenvalue weighted by molar-refractivity contribution is -0.122. The number of ketones is 1. The molecule has 0 aromatic heterocycles. The summed E-state index contributed by atoms with van der Waals surface area (Å²) in [5, 5.41) is 5.65. The normalized spacial score (nSPS) is 23.2. The number of halogens is 2. The molecule has 7 heteroatoms. The highest BCUT2D eigenvalue weighted by Crippen LogP contribution is 2.43. The Morgan fingerprint density at radius 3 is 2.79 bits per heavy atom. The minimum Gasteiger partial charge on any atom is -0.311 e. The smallest absolute Gasteiger partial charge is 0.238 e. The van der Waals surface area contributed by atoms with E-state index in [0.29, 0.717) is 16.0 Å². The summed E-state index contributed by atoms with van der Waals surface area (Å²) in [6.45, 7) is -1.12. The largest absolute Gasteiger partial charge is 0.311 e. The molecule has 1 amide bonds. The van der Waals surface area contributed by atoms with Crippen LogP contribution in [0, 0.1) is 24.5 Å². The second kappa shape index (κ2) is 7.39. The second-order valence-corrected chi connectivity index (χ2v) is 7.20. The van der Waals surface area contributed by atoms with Crippen LogP contribution < -0.4 is 4.90 Å². The molecule has 0 saturated carbocycles. The fraction of sp³-hybridized carbons (Fsp3) is 0.318. The minimum absolute atomic E-state index is 0.0367. The van der Waals surface area contributed by atoms with E-state index in [4.69, 9.17) is 4.11 Å². The number of amides is 1. The van der Waals surface area contributed by atoms with E-state index < -0.39 is 54.6 Å². The molecule has 3 atom stereocenters. The Morgan fingerprint density at radius 1 is 1.24 bits per heavy atom. The van der Waals surface area contributed by atoms with E-state index in [9.17, 15) is 18.4 Å². The van der Waals surface area contributed by atoms with Crippen molar-refractivity contribution in [3.8, 4) is 0 Å². The molecule has 4 rings (SSSR count). The molecule has 0 radical (unpaired) electrons. The first-order valence-corrected chi connectivity index (χ1v) is 9.13. The van der Waals surface area contributed by atoms with E-state index in [1.807, 2.05) is 0 Å². The molecule has 150 valence electrons. The number of anilines is 1. The average Bonchev–Trinajstić information content (AvgIpc) is 3.11. The molecule has 2 heterocycles. The molecule has 0 fully saturated rings. The molecule has 2 aromatic carbocycles. The maximum atomic E-state index is 14.2. The van der Waals surface area contributed by atoms with Crippen LogP contribution >= 0.6 is 0 Å². The van der Waals surface area contributed by atoms with Gasteiger partial charge in [-0.3, -0.25) is 14.6 Å². The van der Waals surface area contributed by atoms with E-state index in [0.717, 1.165) is 6.07 Å². The van der Waals surface area contributed by atoms with Crippen molar-refractivity contribution in [2.75, 3.05) is 18.4 Å². The van der Waals surface area contributed by atoms with Gasteiger partial charge in [0.15, 0.2) is 0 Å². The summed E-state index contributed by atoms with van der Waals surface area (Å²) >= 11 is 0. The van der Waals surface area contributed by atoms with Crippen molar-refractivity contribution in [2.45, 2.75) is 25.8 Å². The molecule has 2 aliphatic heterocycles. The molecule has 0 bridgehead atoms. The quantitative estimate of drug-likeness (QED) is 0.773. The SMILES string of the molecule is [2H]C(C(=O)Cc1ccc(C)cc1F)C([2H])([2H])N1C(=O)C2C=NN(C)C2c2ccc(F)cc21. The van der Waals surface area contributed by atoms with Gasteiger partial charge in [-0.15, -0.1) is 0 Å². The van der Waals surface area contributed by atoms with E-state index in [1.165, 1.54) is 35.5 Å². The van der Waals surface area contributed by atoms with E-state index in [2.05, 4.69) is 5.10 Å². The highest BCUT2D eigenvalue weighted by atomic mass is 19.1. The maximum Gasteiger partial charge on any atom is 0.238 e. The number of carbonyl (C=O) groups excluding carboxylic acids is 2. The van der Waals surface area contributed by atoms with Gasteiger partial charge in [-0.05, 0) is 36.2 Å². The number of hydrazone groups is 1. The van der Waals surface area contributed by atoms with Crippen molar-refractivity contribution in [1.82, 2.24) is 5.01 Å². The maximum absolute atomic E-state index is 14.2. The van der Waals surface area contributed by atoms with Crippen molar-refractivity contribution in [1.29, 1.82) is 0 Å². The Labute approximate surface area is 171 Å². The molecule has 5 nitrogen and oxygen atoms in total. The van der Waals surface area contributed by atoms with Gasteiger partial charge in [-0.2, -0.15) is 5.10 Å². The van der Waals surface area contributed by atoms with Gasteiger partial charge >= 0.3 is 0 Å². The fourth-order valence-corrected chi connectivity index (χ4v) is 3.69. The summed E-state index contributed by atoms with van der Waals surface area (Å²) in [5.74, 6) is -3.78. The van der Waals surface area contributed by atoms with Crippen molar-refractivity contribution in [3.63, 3.8) is 0 Å². The lowest BCUT2D eigenvalue weighted by atomic mass is 9.87. The summed E-state index contributed by atoms with van der Waals surface area (Å²) in [4.78, 5) is 26.7. The summed E-state index contributed by atoms with van der Waals surface area (Å²) in [6.07, 6.45) is -1.17. The van der Waals surface area contributed by atoms with Crippen LogP contribution in [0.2, 0.25) is 0 Å². The number of hydrogen-bond acceptors (Lipinski definition) is 4. The van der Waals surface area contributed by atoms with Gasteiger partial charge < -0.3 is 4.90 Å². The summed E-state index contributed by atoms with van der Waals surface area (Å²) in [5.41, 5.74) is 1.11. The molecule has 3 unspecified atom stereocenters. The van der Waals surface area contributed by atoms with Gasteiger partial charge in [0.05, 0.1) is 14.5 Å². The van der Waals surface area contributed by atoms with E-state index in [1.54, 1.807) is 20.0 Å². The highest BCUT2D eigenvalue weighted by molar-refractivity contribution is 6.07. The van der Waals surface area contributed by atoms with Crippen molar-refractivity contribution in [2.24, 2.45) is 11.0 Å². The zero-order chi connectivity index (χ0) is 23.4. The van der Waals surface area contributed by atoms with E-state index in [-0.39, 0.29) is 11.3 Å². The van der Waals surface area contributed by atoms with Gasteiger partial charge in [0.25, 0.3) is 0 Å². The van der Waals surface area contributed by atoms with Gasteiger partial charge in [0, 0.05) is 39.5 Å². The first-order valence-electron chi connectivity index (χ1n) is 10.7. The molecule has 2 aliphatic rings. The average molecular weight is 400 g/mol. The van der Waals surface area contributed by atoms with Gasteiger partial charge in [-0.1, -0.05) is 18.2 Å². The second-order valence-electron chi connectivity index (χ2n) is 7.20. The Bertz CT molecular complexity index is 1140. The van der Waals surface area contributed by atoms with Crippen LogP contribution in [0.15, 0.2) is 41.5 Å². The number of fused-ring (bicyclic) bond motifs is 3. The molecule has 0 N–H and O–H groups in total. The predicted octanol–water partition coefficient (Wildman–Crippen LogP) is 3.41. The first kappa shape index (κ1) is 15.8. The molecular formula is C22H21F2N3O2. The predicted molar refractivity (Wildman–Crippen MR) is 106 cm³/mol. The van der Waals surface area contributed by atoms with Crippen LogP contribution in [0.4, 0.5) is 14.5 Å². The highest BCUT2D eigenvalue weighted by Gasteiger charge is 2.44. The van der Waals surface area contributed by atoms with Crippen LogP contribution in [0.5, 0.6) is 0 Å². The third-order valence-corrected chi connectivity index (χ3v) is 5.14. The van der Waals surface area contributed by atoms with Crippen molar-refractivity contribution in [3.05, 3.63) is 64.7 Å². The minimum atomic E-state index is -2.81. The van der Waals surface area contributed by atoms with Crippen molar-refractivity contribution >= 4 is 23.6 Å². The number of hydrogen-bond donors (Lipinski definition) is 0. The summed E-state index contributed by atoms with van der Waals surface area (Å²) in [6, 6.07) is 7.41. The van der Waals surface area contributed by atoms with Gasteiger partial charge in [0.1, 0.15) is 23.3 Å². The number of carbonyl (C=O) groups is 2. The summed E-state index contributed by atoms with van der Waals surface area (Å²) in [7, 11) is 1.65. The molecule has 29 heavy (non-hydrogen) atoms. The molecule has 0 aliphatic carbocycles. The number of aryl methyl sites for hydroxylation is 1. The van der Waals surface area contributed by atoms with Crippen LogP contribution in [0.25, 0.3) is 0 Å². The lowest BCUT2D eigenvalue weighted by Gasteiger charge is -2.37. The monoisotopic (exact) mass is 400 g/mol. The lowest BCUT2D eigenvalue weighted by Crippen LogP contribution is -2.45. The zero-order valence-corrected chi connectivity index (χ0v) is 15.9. The Morgan fingerprint density at radius 2 is 2.03 bits per heavy atom. The topological polar surface area (TPSA) is 53.0 Å². The van der Waals surface area contributed by atoms with Crippen LogP contribution in [0.3, 0.4) is 0 Å². The summed E-state index contributed by atoms with van der Waals surface area (Å²) < 4.78 is 53.6. The zero-order valence-electron chi connectivity index (χ0n) is 18.9. The van der Waals surface area contributed by atoms with Crippen LogP contribution in [-0.2, 0) is 16.0 Å². The Hall–Kier alpha value is -3.09. The number of benzene rings is 2. The molecular weight excluding hydrogens is 376 g/mol. The molecule has 0 spiro atoms. The van der Waals surface area contributed by atoms with Gasteiger partial charge in [-0.25, -0.2) is 8.78 Å². The van der Waals surface area contributed by atoms with Crippen molar-refractivity contribution < 1.29 is 22.5 Å². The number of nitrogens with zero attached hydrogens (tertiary/aromatic N) is 3. The first-order chi connectivity index (χ1) is 15.0. The molecule has 2 aromatic rings. The fourth-order valence-electron chi connectivity index (χ4n) is 3.69. The third kappa shape index (κ3) is 3.52. The van der Waals surface area contributed by atoms with Gasteiger partial charge in [0.2, 0.25) is 5.91 Å². The number of Topliss-reactive ketones (excluding diaryl/α,β-unsaturated/α-hetero) is 1. The van der Waals surface area contributed by atoms with Crippen LogP contribution in [0.1, 0.15) is 33.2 Å².